The molecule has 0 atom stereocenters. The van der Waals surface area contributed by atoms with Gasteiger partial charge in [0.2, 0.25) is 0 Å². The minimum Gasteiger partial charge on any atom is -0.499 e. The molecule has 1 aromatic carbocycles. The number of ether oxygens (including phenoxy) is 3. The lowest BCUT2D eigenvalue weighted by Gasteiger charge is -2.10. The summed E-state index contributed by atoms with van der Waals surface area (Å²) in [6.07, 6.45) is 0. The first-order chi connectivity index (χ1) is 11.4. The van der Waals surface area contributed by atoms with Crippen LogP contribution in [-0.4, -0.2) is 38.3 Å². The van der Waals surface area contributed by atoms with E-state index in [9.17, 15) is 14.7 Å². The number of carbonyl (C=O) groups is 2. The Hall–Kier alpha value is -2.74. The largest absolute Gasteiger partial charge is 0.499 e. The minimum absolute atomic E-state index is 0.0574. The van der Waals surface area contributed by atoms with Gasteiger partial charge >= 0.3 is 5.97 Å². The van der Waals surface area contributed by atoms with Crippen LogP contribution in [0.2, 0.25) is 0 Å². The number of hydrogen-bond acceptors (Lipinski definition) is 7. The van der Waals surface area contributed by atoms with Crippen LogP contribution in [0.25, 0.3) is 0 Å². The maximum Gasteiger partial charge on any atom is 0.341 e. The van der Waals surface area contributed by atoms with Crippen molar-refractivity contribution >= 4 is 28.2 Å². The molecule has 0 saturated carbocycles. The molecule has 128 valence electrons. The molecule has 8 heteroatoms. The first kappa shape index (κ1) is 17.6. The lowest BCUT2D eigenvalue weighted by molar-refractivity contribution is 0.0601. The molecule has 24 heavy (non-hydrogen) atoms. The number of nitrogens with one attached hydrogen (secondary N) is 1. The van der Waals surface area contributed by atoms with E-state index in [1.165, 1.54) is 27.4 Å². The van der Waals surface area contributed by atoms with Crippen molar-refractivity contribution in [2.45, 2.75) is 6.92 Å². The van der Waals surface area contributed by atoms with Crippen LogP contribution in [0.3, 0.4) is 0 Å². The third kappa shape index (κ3) is 3.28. The summed E-state index contributed by atoms with van der Waals surface area (Å²) >= 11 is 0.892. The highest BCUT2D eigenvalue weighted by Crippen LogP contribution is 2.38. The van der Waals surface area contributed by atoms with Crippen LogP contribution < -0.4 is 14.8 Å². The minimum atomic E-state index is -0.633. The highest BCUT2D eigenvalue weighted by atomic mass is 32.1. The van der Waals surface area contributed by atoms with Gasteiger partial charge in [-0.05, 0) is 25.1 Å². The molecule has 1 heterocycles. The van der Waals surface area contributed by atoms with Gasteiger partial charge < -0.3 is 24.6 Å². The number of amides is 1. The smallest absolute Gasteiger partial charge is 0.341 e. The molecule has 7 nitrogen and oxygen atoms in total. The highest BCUT2D eigenvalue weighted by molar-refractivity contribution is 7.18. The molecule has 0 fully saturated rings. The second kappa shape index (κ2) is 7.22. The van der Waals surface area contributed by atoms with Crippen LogP contribution in [0.4, 0.5) is 5.00 Å². The number of rotatable bonds is 5. The molecule has 0 unspecified atom stereocenters. The molecule has 0 saturated heterocycles. The zero-order valence-corrected chi connectivity index (χ0v) is 14.4. The van der Waals surface area contributed by atoms with E-state index in [0.29, 0.717) is 22.6 Å². The van der Waals surface area contributed by atoms with E-state index in [-0.39, 0.29) is 15.6 Å². The van der Waals surface area contributed by atoms with Gasteiger partial charge in [-0.25, -0.2) is 4.79 Å². The Kier molecular flexibility index (Phi) is 5.30. The van der Waals surface area contributed by atoms with Crippen molar-refractivity contribution in [3.63, 3.8) is 0 Å². The van der Waals surface area contributed by atoms with Gasteiger partial charge in [0, 0.05) is 11.1 Å². The first-order valence-corrected chi connectivity index (χ1v) is 7.68. The molecule has 0 aliphatic heterocycles. The molecule has 1 aromatic heterocycles. The summed E-state index contributed by atoms with van der Waals surface area (Å²) < 4.78 is 15.0. The van der Waals surface area contributed by atoms with Crippen LogP contribution in [0, 0.1) is 6.92 Å². The Morgan fingerprint density at radius 3 is 2.38 bits per heavy atom. The van der Waals surface area contributed by atoms with Crippen LogP contribution in [-0.2, 0) is 4.74 Å². The molecule has 1 amide bonds. The van der Waals surface area contributed by atoms with E-state index in [4.69, 9.17) is 14.2 Å². The number of anilines is 1. The third-order valence-corrected chi connectivity index (χ3v) is 4.39. The number of esters is 1. The van der Waals surface area contributed by atoms with Crippen molar-refractivity contribution in [3.8, 4) is 16.6 Å². The Labute approximate surface area is 142 Å². The van der Waals surface area contributed by atoms with E-state index in [0.717, 1.165) is 11.3 Å². The maximum atomic E-state index is 12.4. The van der Waals surface area contributed by atoms with Gasteiger partial charge in [-0.1, -0.05) is 11.3 Å². The second-order valence-electron chi connectivity index (χ2n) is 4.75. The van der Waals surface area contributed by atoms with Gasteiger partial charge in [-0.3, -0.25) is 4.79 Å². The second-order valence-corrected chi connectivity index (χ2v) is 5.75. The number of hydrogen-bond donors (Lipinski definition) is 2. The summed E-state index contributed by atoms with van der Waals surface area (Å²) in [6, 6.07) is 4.69. The number of carbonyl (C=O) groups excluding carboxylic acids is 2. The van der Waals surface area contributed by atoms with Gasteiger partial charge in [0.1, 0.15) is 10.6 Å². The molecule has 2 N–H and O–H groups in total. The van der Waals surface area contributed by atoms with E-state index in [1.54, 1.807) is 19.1 Å². The molecule has 2 aromatic rings. The first-order valence-electron chi connectivity index (χ1n) is 6.87. The Morgan fingerprint density at radius 2 is 1.79 bits per heavy atom. The van der Waals surface area contributed by atoms with E-state index in [1.807, 2.05) is 0 Å². The summed E-state index contributed by atoms with van der Waals surface area (Å²) in [5.41, 5.74) is 0.803. The van der Waals surface area contributed by atoms with Gasteiger partial charge in [0.05, 0.1) is 21.3 Å². The van der Waals surface area contributed by atoms with Crippen molar-refractivity contribution in [2.75, 3.05) is 26.6 Å². The van der Waals surface area contributed by atoms with Crippen LogP contribution in [0.1, 0.15) is 26.3 Å². The van der Waals surface area contributed by atoms with Crippen LogP contribution >= 0.6 is 11.3 Å². The highest BCUT2D eigenvalue weighted by Gasteiger charge is 2.23. The van der Waals surface area contributed by atoms with E-state index < -0.39 is 11.9 Å². The predicted molar refractivity (Wildman–Crippen MR) is 89.6 cm³/mol. The average molecular weight is 351 g/mol. The average Bonchev–Trinajstić information content (AvgIpc) is 2.87. The quantitative estimate of drug-likeness (QED) is 0.805. The molecule has 0 radical (unpaired) electrons. The monoisotopic (exact) mass is 351 g/mol. The fourth-order valence-electron chi connectivity index (χ4n) is 2.09. The van der Waals surface area contributed by atoms with Gasteiger partial charge in [-0.15, -0.1) is 0 Å². The molecular weight excluding hydrogens is 334 g/mol. The van der Waals surface area contributed by atoms with Gasteiger partial charge in [0.25, 0.3) is 5.91 Å². The third-order valence-electron chi connectivity index (χ3n) is 3.38. The molecule has 0 aliphatic rings. The summed E-state index contributed by atoms with van der Waals surface area (Å²) in [6.45, 7) is 1.57. The Morgan fingerprint density at radius 1 is 1.12 bits per heavy atom. The van der Waals surface area contributed by atoms with Crippen molar-refractivity contribution in [3.05, 3.63) is 34.9 Å². The molecule has 2 rings (SSSR count). The van der Waals surface area contributed by atoms with Crippen LogP contribution in [0.5, 0.6) is 16.6 Å². The summed E-state index contributed by atoms with van der Waals surface area (Å²) in [5, 5.41) is 12.6. The van der Waals surface area contributed by atoms with Crippen LogP contribution in [0.15, 0.2) is 18.2 Å². The Bertz CT molecular complexity index is 783. The maximum absolute atomic E-state index is 12.4. The number of methoxy groups -OCH3 is 3. The number of thiophene rings is 1. The zero-order chi connectivity index (χ0) is 17.9. The summed E-state index contributed by atoms with van der Waals surface area (Å²) in [5.74, 6) is -0.188. The van der Waals surface area contributed by atoms with Crippen molar-refractivity contribution in [1.29, 1.82) is 0 Å². The van der Waals surface area contributed by atoms with Crippen molar-refractivity contribution < 1.29 is 28.9 Å². The topological polar surface area (TPSA) is 94.1 Å². The van der Waals surface area contributed by atoms with Crippen molar-refractivity contribution in [1.82, 2.24) is 0 Å². The lowest BCUT2D eigenvalue weighted by Crippen LogP contribution is -2.14. The number of aromatic hydroxyl groups is 1. The van der Waals surface area contributed by atoms with Crippen molar-refractivity contribution in [2.24, 2.45) is 0 Å². The molecule has 0 aliphatic carbocycles. The van der Waals surface area contributed by atoms with Gasteiger partial charge in [-0.2, -0.15) is 0 Å². The molecule has 0 bridgehead atoms. The molecular formula is C16H17NO6S. The summed E-state index contributed by atoms with van der Waals surface area (Å²) in [7, 11) is 4.20. The molecule has 0 spiro atoms. The zero-order valence-electron chi connectivity index (χ0n) is 13.6. The standard InChI is InChI=1S/C16H17NO6S/c1-8-12(15(19)23-4)14(24-16(8)20)17-13(18)9-5-6-10(21-2)11(7-9)22-3/h5-7,20H,1-4H3,(H,17,18). The van der Waals surface area contributed by atoms with E-state index in [2.05, 4.69) is 5.32 Å². The summed E-state index contributed by atoms with van der Waals surface area (Å²) in [4.78, 5) is 24.3. The predicted octanol–water partition coefficient (Wildman–Crippen LogP) is 2.82. The van der Waals surface area contributed by atoms with E-state index >= 15 is 0 Å². The Balaban J connectivity index is 2.34. The lowest BCUT2D eigenvalue weighted by atomic mass is 10.1. The fraction of sp³-hybridized carbons (Fsp3) is 0.250. The SMILES string of the molecule is COC(=O)c1c(NC(=O)c2ccc(OC)c(OC)c2)sc(O)c1C. The van der Waals surface area contributed by atoms with Gasteiger partial charge in [0.15, 0.2) is 16.6 Å². The number of benzene rings is 1. The normalized spacial score (nSPS) is 10.2. The fourth-order valence-corrected chi connectivity index (χ4v) is 3.02.